The van der Waals surface area contributed by atoms with E-state index >= 15 is 0 Å². The van der Waals surface area contributed by atoms with Gasteiger partial charge in [-0.25, -0.2) is 4.79 Å². The van der Waals surface area contributed by atoms with Crippen LogP contribution in [0.3, 0.4) is 0 Å². The third kappa shape index (κ3) is 2.05. The molecule has 3 nitrogen and oxygen atoms in total. The molecule has 0 spiro atoms. The van der Waals surface area contributed by atoms with Crippen LogP contribution in [0, 0.1) is 0 Å². The number of para-hydroxylation sites is 1. The number of aryl methyl sites for hydroxylation is 1. The van der Waals surface area contributed by atoms with Gasteiger partial charge >= 0.3 is 5.97 Å². The molecule has 1 aromatic heterocycles. The van der Waals surface area contributed by atoms with Crippen LogP contribution in [0.2, 0.25) is 0 Å². The van der Waals surface area contributed by atoms with E-state index in [1.807, 2.05) is 13.0 Å². The van der Waals surface area contributed by atoms with Gasteiger partial charge in [-0.05, 0) is 25.3 Å². The second-order valence-corrected chi connectivity index (χ2v) is 4.73. The molecule has 0 aliphatic heterocycles. The van der Waals surface area contributed by atoms with Gasteiger partial charge in [-0.1, -0.05) is 12.1 Å². The van der Waals surface area contributed by atoms with Crippen molar-refractivity contribution in [2.45, 2.75) is 19.2 Å². The van der Waals surface area contributed by atoms with Gasteiger partial charge in [0.15, 0.2) is 0 Å². The van der Waals surface area contributed by atoms with Crippen LogP contribution in [0.15, 0.2) is 24.3 Å². The number of aromatic carboxylic acids is 1. The van der Waals surface area contributed by atoms with Crippen molar-refractivity contribution >= 4 is 28.6 Å². The van der Waals surface area contributed by atoms with E-state index < -0.39 is 5.97 Å². The number of carboxylic acid groups (broad SMARTS) is 1. The van der Waals surface area contributed by atoms with Crippen molar-refractivity contribution in [3.05, 3.63) is 35.5 Å². The summed E-state index contributed by atoms with van der Waals surface area (Å²) in [6.07, 6.45) is 2.05. The Bertz CT molecular complexity index is 560. The van der Waals surface area contributed by atoms with E-state index in [4.69, 9.17) is 0 Å². The van der Waals surface area contributed by atoms with Gasteiger partial charge in [-0.15, -0.1) is 0 Å². The zero-order valence-electron chi connectivity index (χ0n) is 9.93. The van der Waals surface area contributed by atoms with Crippen molar-refractivity contribution in [2.75, 3.05) is 6.26 Å². The van der Waals surface area contributed by atoms with E-state index in [0.29, 0.717) is 5.56 Å². The predicted molar refractivity (Wildman–Crippen MR) is 71.8 cm³/mol. The molecule has 17 heavy (non-hydrogen) atoms. The van der Waals surface area contributed by atoms with E-state index in [9.17, 15) is 9.90 Å². The molecule has 2 rings (SSSR count). The third-order valence-corrected chi connectivity index (χ3v) is 3.43. The fourth-order valence-electron chi connectivity index (χ4n) is 2.18. The molecular formula is C13H15NO2S. The van der Waals surface area contributed by atoms with Gasteiger partial charge < -0.3 is 9.67 Å². The second-order valence-electron chi connectivity index (χ2n) is 3.86. The molecule has 0 radical (unpaired) electrons. The highest BCUT2D eigenvalue weighted by atomic mass is 32.2. The highest BCUT2D eigenvalue weighted by Gasteiger charge is 2.14. The standard InChI is InChI=1S/C13H15NO2S/c1-3-14-10(8-17-2)7-9-5-4-6-11(12(9)14)13(15)16/h4-7H,3,8H2,1-2H3,(H,15,16). The van der Waals surface area contributed by atoms with Crippen molar-refractivity contribution in [3.8, 4) is 0 Å². The largest absolute Gasteiger partial charge is 0.478 e. The first-order chi connectivity index (χ1) is 8.19. The number of thioether (sulfide) groups is 1. The average molecular weight is 249 g/mol. The van der Waals surface area contributed by atoms with Crippen LogP contribution >= 0.6 is 11.8 Å². The smallest absolute Gasteiger partial charge is 0.337 e. The van der Waals surface area contributed by atoms with Gasteiger partial charge in [-0.3, -0.25) is 0 Å². The predicted octanol–water partition coefficient (Wildman–Crippen LogP) is 3.22. The van der Waals surface area contributed by atoms with Crippen molar-refractivity contribution in [2.24, 2.45) is 0 Å². The molecule has 1 aromatic carbocycles. The van der Waals surface area contributed by atoms with Crippen molar-refractivity contribution < 1.29 is 9.90 Å². The third-order valence-electron chi connectivity index (χ3n) is 2.84. The number of aromatic nitrogens is 1. The van der Waals surface area contributed by atoms with Crippen LogP contribution in [0.5, 0.6) is 0 Å². The lowest BCUT2D eigenvalue weighted by atomic mass is 10.1. The lowest BCUT2D eigenvalue weighted by Crippen LogP contribution is -2.04. The molecule has 0 aliphatic carbocycles. The summed E-state index contributed by atoms with van der Waals surface area (Å²) in [4.78, 5) is 11.2. The maximum Gasteiger partial charge on any atom is 0.337 e. The van der Waals surface area contributed by atoms with E-state index in [1.165, 1.54) is 5.69 Å². The minimum absolute atomic E-state index is 0.386. The summed E-state index contributed by atoms with van der Waals surface area (Å²) in [5, 5.41) is 10.2. The second kappa shape index (κ2) is 4.84. The average Bonchev–Trinajstić information content (AvgIpc) is 2.66. The van der Waals surface area contributed by atoms with Gasteiger partial charge in [-0.2, -0.15) is 11.8 Å². The molecule has 0 bridgehead atoms. The Kier molecular flexibility index (Phi) is 3.43. The fraction of sp³-hybridized carbons (Fsp3) is 0.308. The summed E-state index contributed by atoms with van der Waals surface area (Å²) < 4.78 is 2.09. The van der Waals surface area contributed by atoms with Crippen molar-refractivity contribution in [1.29, 1.82) is 0 Å². The maximum atomic E-state index is 11.2. The lowest BCUT2D eigenvalue weighted by Gasteiger charge is -2.08. The van der Waals surface area contributed by atoms with Crippen molar-refractivity contribution in [1.82, 2.24) is 4.57 Å². The monoisotopic (exact) mass is 249 g/mol. The Hall–Kier alpha value is -1.42. The van der Waals surface area contributed by atoms with Gasteiger partial charge in [0.25, 0.3) is 0 Å². The molecule has 0 atom stereocenters. The van der Waals surface area contributed by atoms with Crippen LogP contribution in [-0.2, 0) is 12.3 Å². The summed E-state index contributed by atoms with van der Waals surface area (Å²) in [6, 6.07) is 7.52. The molecule has 0 fully saturated rings. The fourth-order valence-corrected chi connectivity index (χ4v) is 2.72. The van der Waals surface area contributed by atoms with Crippen LogP contribution in [-0.4, -0.2) is 21.9 Å². The molecule has 0 aliphatic rings. The zero-order valence-corrected chi connectivity index (χ0v) is 10.8. The Labute approximate surface area is 104 Å². The lowest BCUT2D eigenvalue weighted by molar-refractivity contribution is 0.0698. The Morgan fingerprint density at radius 2 is 2.24 bits per heavy atom. The maximum absolute atomic E-state index is 11.2. The first-order valence-electron chi connectivity index (χ1n) is 5.52. The topological polar surface area (TPSA) is 42.2 Å². The summed E-state index contributed by atoms with van der Waals surface area (Å²) in [6.45, 7) is 2.84. The summed E-state index contributed by atoms with van der Waals surface area (Å²) in [7, 11) is 0. The highest BCUT2D eigenvalue weighted by Crippen LogP contribution is 2.25. The van der Waals surface area contributed by atoms with E-state index in [-0.39, 0.29) is 0 Å². The van der Waals surface area contributed by atoms with Gasteiger partial charge in [0.1, 0.15) is 0 Å². The Balaban J connectivity index is 2.74. The van der Waals surface area contributed by atoms with Gasteiger partial charge in [0.05, 0.1) is 11.1 Å². The molecule has 0 amide bonds. The van der Waals surface area contributed by atoms with E-state index in [0.717, 1.165) is 23.2 Å². The number of carbonyl (C=O) groups is 1. The molecule has 1 heterocycles. The van der Waals surface area contributed by atoms with Crippen LogP contribution in [0.4, 0.5) is 0 Å². The summed E-state index contributed by atoms with van der Waals surface area (Å²) in [5.74, 6) is 0.0424. The van der Waals surface area contributed by atoms with E-state index in [2.05, 4.69) is 16.9 Å². The quantitative estimate of drug-likeness (QED) is 0.904. The summed E-state index contributed by atoms with van der Waals surface area (Å²) in [5.41, 5.74) is 2.41. The molecule has 0 saturated heterocycles. The number of rotatable bonds is 4. The zero-order chi connectivity index (χ0) is 12.4. The SMILES string of the molecule is CCn1c(CSC)cc2cccc(C(=O)O)c21. The minimum Gasteiger partial charge on any atom is -0.478 e. The molecule has 90 valence electrons. The Morgan fingerprint density at radius 3 is 2.82 bits per heavy atom. The van der Waals surface area contributed by atoms with Crippen LogP contribution in [0.25, 0.3) is 10.9 Å². The number of benzene rings is 1. The first-order valence-corrected chi connectivity index (χ1v) is 6.91. The molecule has 0 unspecified atom stereocenters. The number of hydrogen-bond acceptors (Lipinski definition) is 2. The van der Waals surface area contributed by atoms with E-state index in [1.54, 1.807) is 23.9 Å². The number of hydrogen-bond donors (Lipinski definition) is 1. The van der Waals surface area contributed by atoms with Crippen molar-refractivity contribution in [3.63, 3.8) is 0 Å². The molecule has 1 N–H and O–H groups in total. The normalized spacial score (nSPS) is 10.9. The molecule has 4 heteroatoms. The molecule has 2 aromatic rings. The van der Waals surface area contributed by atoms with Gasteiger partial charge in [0.2, 0.25) is 0 Å². The molecular weight excluding hydrogens is 234 g/mol. The van der Waals surface area contributed by atoms with Crippen LogP contribution < -0.4 is 0 Å². The minimum atomic E-state index is -0.862. The highest BCUT2D eigenvalue weighted by molar-refractivity contribution is 7.97. The Morgan fingerprint density at radius 1 is 1.47 bits per heavy atom. The number of carboxylic acids is 1. The summed E-state index contributed by atoms with van der Waals surface area (Å²) >= 11 is 1.75. The van der Waals surface area contributed by atoms with Gasteiger partial charge in [0, 0.05) is 23.4 Å². The molecule has 0 saturated carbocycles. The number of nitrogens with zero attached hydrogens (tertiary/aromatic N) is 1. The van der Waals surface area contributed by atoms with Crippen LogP contribution in [0.1, 0.15) is 23.0 Å². The number of fused-ring (bicyclic) bond motifs is 1. The first kappa shape index (κ1) is 12.0.